The molecule has 0 aliphatic rings. The molecular weight excluding hydrogens is 282 g/mol. The SMILES string of the molecule is COC(=O)c1ccccc1CNC(c1cccs1)C(C)C. The second-order valence-electron chi connectivity index (χ2n) is 5.27. The number of hydrogen-bond acceptors (Lipinski definition) is 4. The second-order valence-corrected chi connectivity index (χ2v) is 6.25. The average Bonchev–Trinajstić information content (AvgIpc) is 3.01. The fourth-order valence-electron chi connectivity index (χ4n) is 2.34. The highest BCUT2D eigenvalue weighted by Gasteiger charge is 2.18. The van der Waals surface area contributed by atoms with Crippen LogP contribution >= 0.6 is 11.3 Å². The summed E-state index contributed by atoms with van der Waals surface area (Å²) in [6.07, 6.45) is 0. The van der Waals surface area contributed by atoms with E-state index in [4.69, 9.17) is 4.74 Å². The van der Waals surface area contributed by atoms with Gasteiger partial charge in [-0.05, 0) is 29.0 Å². The van der Waals surface area contributed by atoms with Crippen molar-refractivity contribution >= 4 is 17.3 Å². The van der Waals surface area contributed by atoms with Crippen molar-refractivity contribution in [3.63, 3.8) is 0 Å². The molecule has 0 fully saturated rings. The maximum atomic E-state index is 11.8. The van der Waals surface area contributed by atoms with Gasteiger partial charge in [0.2, 0.25) is 0 Å². The van der Waals surface area contributed by atoms with Gasteiger partial charge in [0.1, 0.15) is 0 Å². The lowest BCUT2D eigenvalue weighted by atomic mass is 10.0. The number of benzene rings is 1. The van der Waals surface area contributed by atoms with Crippen LogP contribution in [0, 0.1) is 5.92 Å². The molecule has 4 heteroatoms. The van der Waals surface area contributed by atoms with Crippen molar-refractivity contribution in [2.24, 2.45) is 5.92 Å². The van der Waals surface area contributed by atoms with Gasteiger partial charge in [-0.2, -0.15) is 0 Å². The van der Waals surface area contributed by atoms with E-state index in [9.17, 15) is 4.79 Å². The van der Waals surface area contributed by atoms with E-state index in [-0.39, 0.29) is 12.0 Å². The van der Waals surface area contributed by atoms with Crippen molar-refractivity contribution in [2.45, 2.75) is 26.4 Å². The van der Waals surface area contributed by atoms with Crippen LogP contribution in [0.15, 0.2) is 41.8 Å². The molecule has 2 rings (SSSR count). The highest BCUT2D eigenvalue weighted by Crippen LogP contribution is 2.26. The summed E-state index contributed by atoms with van der Waals surface area (Å²) in [7, 11) is 1.41. The zero-order chi connectivity index (χ0) is 15.2. The molecule has 1 aromatic heterocycles. The summed E-state index contributed by atoms with van der Waals surface area (Å²) >= 11 is 1.76. The number of carbonyl (C=O) groups excluding carboxylic acids is 1. The van der Waals surface area contributed by atoms with Gasteiger partial charge in [-0.3, -0.25) is 0 Å². The van der Waals surface area contributed by atoms with E-state index in [0.29, 0.717) is 18.0 Å². The lowest BCUT2D eigenvalue weighted by Gasteiger charge is -2.22. The molecule has 1 unspecified atom stereocenters. The number of carbonyl (C=O) groups is 1. The van der Waals surface area contributed by atoms with Crippen LogP contribution in [0.5, 0.6) is 0 Å². The zero-order valence-electron chi connectivity index (χ0n) is 12.6. The monoisotopic (exact) mass is 303 g/mol. The molecule has 2 aromatic rings. The van der Waals surface area contributed by atoms with Crippen LogP contribution in [0.3, 0.4) is 0 Å². The van der Waals surface area contributed by atoms with Crippen molar-refractivity contribution in [3.8, 4) is 0 Å². The van der Waals surface area contributed by atoms with Crippen LogP contribution in [0.1, 0.15) is 40.7 Å². The van der Waals surface area contributed by atoms with Crippen molar-refractivity contribution in [2.75, 3.05) is 7.11 Å². The number of methoxy groups -OCH3 is 1. The lowest BCUT2D eigenvalue weighted by Crippen LogP contribution is -2.25. The Morgan fingerprint density at radius 2 is 2.00 bits per heavy atom. The third-order valence-corrected chi connectivity index (χ3v) is 4.41. The first-order valence-electron chi connectivity index (χ1n) is 7.06. The van der Waals surface area contributed by atoms with E-state index in [1.54, 1.807) is 17.4 Å². The lowest BCUT2D eigenvalue weighted by molar-refractivity contribution is 0.0599. The van der Waals surface area contributed by atoms with E-state index < -0.39 is 0 Å². The minimum atomic E-state index is -0.287. The van der Waals surface area contributed by atoms with Gasteiger partial charge in [-0.25, -0.2) is 4.79 Å². The van der Waals surface area contributed by atoms with Gasteiger partial charge in [-0.1, -0.05) is 38.1 Å². The summed E-state index contributed by atoms with van der Waals surface area (Å²) in [5.74, 6) is 0.193. The van der Waals surface area contributed by atoms with E-state index in [1.165, 1.54) is 12.0 Å². The van der Waals surface area contributed by atoms with Gasteiger partial charge >= 0.3 is 5.97 Å². The number of ether oxygens (including phenoxy) is 1. The maximum absolute atomic E-state index is 11.8. The fourth-order valence-corrected chi connectivity index (χ4v) is 3.31. The van der Waals surface area contributed by atoms with Crippen LogP contribution in [-0.2, 0) is 11.3 Å². The molecule has 0 aliphatic carbocycles. The molecule has 0 spiro atoms. The molecule has 0 radical (unpaired) electrons. The molecular formula is C17H21NO2S. The van der Waals surface area contributed by atoms with Crippen LogP contribution < -0.4 is 5.32 Å². The molecule has 3 nitrogen and oxygen atoms in total. The first-order chi connectivity index (χ1) is 10.1. The van der Waals surface area contributed by atoms with Crippen LogP contribution in [0.2, 0.25) is 0 Å². The Kier molecular flexibility index (Phi) is 5.53. The smallest absolute Gasteiger partial charge is 0.338 e. The van der Waals surface area contributed by atoms with Crippen molar-refractivity contribution in [1.29, 1.82) is 0 Å². The van der Waals surface area contributed by atoms with Crippen molar-refractivity contribution in [3.05, 3.63) is 57.8 Å². The normalized spacial score (nSPS) is 12.4. The van der Waals surface area contributed by atoms with Gasteiger partial charge in [0.15, 0.2) is 0 Å². The summed E-state index contributed by atoms with van der Waals surface area (Å²) in [6, 6.07) is 12.1. The Labute approximate surface area is 130 Å². The Balaban J connectivity index is 2.13. The van der Waals surface area contributed by atoms with Gasteiger partial charge in [0.05, 0.1) is 12.7 Å². The minimum absolute atomic E-state index is 0.287. The third-order valence-electron chi connectivity index (χ3n) is 3.45. The molecule has 0 amide bonds. The van der Waals surface area contributed by atoms with E-state index in [0.717, 1.165) is 5.56 Å². The molecule has 1 heterocycles. The molecule has 112 valence electrons. The van der Waals surface area contributed by atoms with E-state index in [1.807, 2.05) is 18.2 Å². The standard InChI is InChI=1S/C17H21NO2S/c1-12(2)16(15-9-6-10-21-15)18-11-13-7-4-5-8-14(13)17(19)20-3/h4-10,12,16,18H,11H2,1-3H3. The molecule has 1 aromatic carbocycles. The van der Waals surface area contributed by atoms with Crippen molar-refractivity contribution < 1.29 is 9.53 Å². The van der Waals surface area contributed by atoms with Crippen LogP contribution in [0.25, 0.3) is 0 Å². The number of nitrogens with one attached hydrogen (secondary N) is 1. The predicted octanol–water partition coefficient (Wildman–Crippen LogP) is 4.02. The molecule has 0 saturated heterocycles. The molecule has 0 aliphatic heterocycles. The quantitative estimate of drug-likeness (QED) is 0.819. The molecule has 0 bridgehead atoms. The first-order valence-corrected chi connectivity index (χ1v) is 7.94. The number of thiophene rings is 1. The van der Waals surface area contributed by atoms with Gasteiger partial charge in [-0.15, -0.1) is 11.3 Å². The second kappa shape index (κ2) is 7.38. The van der Waals surface area contributed by atoms with Gasteiger partial charge in [0, 0.05) is 17.5 Å². The first kappa shape index (κ1) is 15.7. The fraction of sp³-hybridized carbons (Fsp3) is 0.353. The van der Waals surface area contributed by atoms with Gasteiger partial charge < -0.3 is 10.1 Å². The Morgan fingerprint density at radius 3 is 2.62 bits per heavy atom. The van der Waals surface area contributed by atoms with E-state index >= 15 is 0 Å². The minimum Gasteiger partial charge on any atom is -0.465 e. The highest BCUT2D eigenvalue weighted by atomic mass is 32.1. The van der Waals surface area contributed by atoms with Crippen molar-refractivity contribution in [1.82, 2.24) is 5.32 Å². The highest BCUT2D eigenvalue weighted by molar-refractivity contribution is 7.10. The summed E-state index contributed by atoms with van der Waals surface area (Å²) in [5.41, 5.74) is 1.59. The molecule has 1 N–H and O–H groups in total. The summed E-state index contributed by atoms with van der Waals surface area (Å²) < 4.78 is 4.84. The Morgan fingerprint density at radius 1 is 1.24 bits per heavy atom. The maximum Gasteiger partial charge on any atom is 0.338 e. The number of hydrogen-bond donors (Lipinski definition) is 1. The molecule has 1 atom stereocenters. The molecule has 0 saturated carbocycles. The van der Waals surface area contributed by atoms with Crippen LogP contribution in [0.4, 0.5) is 0 Å². The topological polar surface area (TPSA) is 38.3 Å². The summed E-state index contributed by atoms with van der Waals surface area (Å²) in [6.45, 7) is 5.04. The van der Waals surface area contributed by atoms with E-state index in [2.05, 4.69) is 36.7 Å². The predicted molar refractivity (Wildman–Crippen MR) is 86.5 cm³/mol. The summed E-state index contributed by atoms with van der Waals surface area (Å²) in [5, 5.41) is 5.65. The van der Waals surface area contributed by atoms with Gasteiger partial charge in [0.25, 0.3) is 0 Å². The zero-order valence-corrected chi connectivity index (χ0v) is 13.4. The summed E-state index contributed by atoms with van der Waals surface area (Å²) in [4.78, 5) is 13.1. The average molecular weight is 303 g/mol. The third kappa shape index (κ3) is 3.93. The Bertz CT molecular complexity index is 578. The largest absolute Gasteiger partial charge is 0.465 e. The Hall–Kier alpha value is -1.65. The number of rotatable bonds is 6. The van der Waals surface area contributed by atoms with Crippen LogP contribution in [-0.4, -0.2) is 13.1 Å². The molecule has 21 heavy (non-hydrogen) atoms. The number of esters is 1.